The fourth-order valence-corrected chi connectivity index (χ4v) is 3.26. The molecule has 1 N–H and O–H groups in total. The Morgan fingerprint density at radius 3 is 2.00 bits per heavy atom. The van der Waals surface area contributed by atoms with Crippen LogP contribution in [0.2, 0.25) is 10.0 Å². The average Bonchev–Trinajstić information content (AvgIpc) is 2.77. The normalized spacial score (nSPS) is 11.7. The van der Waals surface area contributed by atoms with Crippen LogP contribution in [-0.2, 0) is 9.59 Å². The van der Waals surface area contributed by atoms with Crippen LogP contribution in [0.25, 0.3) is 0 Å². The molecule has 178 valence electrons. The number of nitrogens with zero attached hydrogens (tertiary/aromatic N) is 2. The maximum atomic E-state index is 13.0. The van der Waals surface area contributed by atoms with Crippen molar-refractivity contribution >= 4 is 46.3 Å². The predicted molar refractivity (Wildman–Crippen MR) is 126 cm³/mol. The molecule has 0 radical (unpaired) electrons. The van der Waals surface area contributed by atoms with E-state index in [2.05, 4.69) is 15.5 Å². The topological polar surface area (TPSA) is 108 Å². The standard InChI is InChI=1S/C22H25Cl2N3O6/c1-6-32-16-10-13(23)11-17(33-7-2)20(16)25-22(29)19(12(3)28)26-27-21-15(31-5)9-8-14(30-4)18(21)24/h8-11,19H,6-7H2,1-5H3,(H,25,29). The van der Waals surface area contributed by atoms with E-state index < -0.39 is 17.7 Å². The minimum absolute atomic E-state index is 0.120. The molecule has 1 amide bonds. The molecule has 0 saturated carbocycles. The molecule has 2 aromatic rings. The van der Waals surface area contributed by atoms with E-state index in [0.717, 1.165) is 0 Å². The molecule has 1 atom stereocenters. The van der Waals surface area contributed by atoms with Gasteiger partial charge in [-0.3, -0.25) is 9.59 Å². The van der Waals surface area contributed by atoms with Crippen molar-refractivity contribution in [2.75, 3.05) is 32.8 Å². The number of nitrogens with one attached hydrogen (secondary N) is 1. The number of amides is 1. The molecule has 0 saturated heterocycles. The van der Waals surface area contributed by atoms with Crippen molar-refractivity contribution in [2.45, 2.75) is 26.8 Å². The van der Waals surface area contributed by atoms with Crippen LogP contribution in [0.5, 0.6) is 23.0 Å². The molecule has 0 spiro atoms. The molecule has 0 aliphatic heterocycles. The number of benzene rings is 2. The highest BCUT2D eigenvalue weighted by atomic mass is 35.5. The van der Waals surface area contributed by atoms with Crippen LogP contribution in [0, 0.1) is 0 Å². The average molecular weight is 498 g/mol. The second-order valence-electron chi connectivity index (χ2n) is 6.49. The number of hydrogen-bond acceptors (Lipinski definition) is 8. The Morgan fingerprint density at radius 2 is 1.52 bits per heavy atom. The fraction of sp³-hybridized carbons (Fsp3) is 0.364. The van der Waals surface area contributed by atoms with Crippen LogP contribution < -0.4 is 24.3 Å². The molecule has 0 bridgehead atoms. The first-order valence-corrected chi connectivity index (χ1v) is 10.7. The van der Waals surface area contributed by atoms with Gasteiger partial charge in [-0.1, -0.05) is 23.2 Å². The van der Waals surface area contributed by atoms with Crippen LogP contribution >= 0.6 is 23.2 Å². The van der Waals surface area contributed by atoms with Gasteiger partial charge in [-0.2, -0.15) is 5.11 Å². The van der Waals surface area contributed by atoms with E-state index in [1.807, 2.05) is 0 Å². The third-order valence-electron chi connectivity index (χ3n) is 4.27. The molecule has 9 nitrogen and oxygen atoms in total. The van der Waals surface area contributed by atoms with E-state index in [-0.39, 0.29) is 16.4 Å². The fourth-order valence-electron chi connectivity index (χ4n) is 2.79. The third-order valence-corrected chi connectivity index (χ3v) is 4.85. The highest BCUT2D eigenvalue weighted by molar-refractivity contribution is 6.34. The lowest BCUT2D eigenvalue weighted by molar-refractivity contribution is -0.126. The van der Waals surface area contributed by atoms with Gasteiger partial charge in [0.1, 0.15) is 39.4 Å². The number of carbonyl (C=O) groups excluding carboxylic acids is 2. The predicted octanol–water partition coefficient (Wildman–Crippen LogP) is 5.49. The van der Waals surface area contributed by atoms with Gasteiger partial charge >= 0.3 is 0 Å². The molecule has 0 heterocycles. The second kappa shape index (κ2) is 12.3. The number of ether oxygens (including phenoxy) is 4. The lowest BCUT2D eigenvalue weighted by Crippen LogP contribution is -2.32. The van der Waals surface area contributed by atoms with Crippen molar-refractivity contribution in [3.8, 4) is 23.0 Å². The monoisotopic (exact) mass is 497 g/mol. The minimum Gasteiger partial charge on any atom is -0.495 e. The molecule has 2 aromatic carbocycles. The number of halogens is 2. The molecule has 2 rings (SSSR count). The number of azo groups is 1. The summed E-state index contributed by atoms with van der Waals surface area (Å²) < 4.78 is 21.6. The van der Waals surface area contributed by atoms with Crippen molar-refractivity contribution in [1.82, 2.24) is 0 Å². The van der Waals surface area contributed by atoms with Crippen molar-refractivity contribution in [2.24, 2.45) is 10.2 Å². The first-order valence-electron chi connectivity index (χ1n) is 9.99. The van der Waals surface area contributed by atoms with Crippen molar-refractivity contribution in [1.29, 1.82) is 0 Å². The smallest absolute Gasteiger partial charge is 0.259 e. The Hall–Kier alpha value is -3.04. The van der Waals surface area contributed by atoms with Gasteiger partial charge in [0.15, 0.2) is 5.78 Å². The first-order chi connectivity index (χ1) is 15.8. The molecule has 0 aliphatic rings. The lowest BCUT2D eigenvalue weighted by atomic mass is 10.2. The van der Waals surface area contributed by atoms with E-state index in [4.69, 9.17) is 42.1 Å². The van der Waals surface area contributed by atoms with Crippen molar-refractivity contribution < 1.29 is 28.5 Å². The minimum atomic E-state index is -1.48. The van der Waals surface area contributed by atoms with Crippen LogP contribution in [0.15, 0.2) is 34.5 Å². The highest BCUT2D eigenvalue weighted by Gasteiger charge is 2.27. The number of Topliss-reactive ketones (excluding diaryl/α,β-unsaturated/α-hetero) is 1. The summed E-state index contributed by atoms with van der Waals surface area (Å²) in [6, 6.07) is 4.78. The number of methoxy groups -OCH3 is 2. The molecule has 33 heavy (non-hydrogen) atoms. The Morgan fingerprint density at radius 1 is 0.970 bits per heavy atom. The van der Waals surface area contributed by atoms with Gasteiger partial charge in [-0.15, -0.1) is 5.11 Å². The highest BCUT2D eigenvalue weighted by Crippen LogP contribution is 2.42. The van der Waals surface area contributed by atoms with Gasteiger partial charge in [0.2, 0.25) is 6.04 Å². The van der Waals surface area contributed by atoms with Gasteiger partial charge in [0, 0.05) is 17.2 Å². The molecule has 0 aliphatic carbocycles. The SMILES string of the molecule is CCOc1cc(Cl)cc(OCC)c1NC(=O)C(N=Nc1c(OC)ccc(OC)c1Cl)C(C)=O. The van der Waals surface area contributed by atoms with E-state index in [1.165, 1.54) is 33.3 Å². The molecule has 11 heteroatoms. The summed E-state index contributed by atoms with van der Waals surface area (Å²) in [6.45, 7) is 5.43. The van der Waals surface area contributed by atoms with Gasteiger partial charge < -0.3 is 24.3 Å². The van der Waals surface area contributed by atoms with E-state index in [9.17, 15) is 9.59 Å². The summed E-state index contributed by atoms with van der Waals surface area (Å²) in [6.07, 6.45) is 0. The Labute approximate surface area is 202 Å². The summed E-state index contributed by atoms with van der Waals surface area (Å²) in [4.78, 5) is 25.3. The van der Waals surface area contributed by atoms with Crippen LogP contribution in [0.3, 0.4) is 0 Å². The van der Waals surface area contributed by atoms with E-state index >= 15 is 0 Å². The lowest BCUT2D eigenvalue weighted by Gasteiger charge is -2.18. The summed E-state index contributed by atoms with van der Waals surface area (Å²) >= 11 is 12.4. The van der Waals surface area contributed by atoms with E-state index in [0.29, 0.717) is 41.2 Å². The maximum absolute atomic E-state index is 13.0. The number of anilines is 1. The summed E-state index contributed by atoms with van der Waals surface area (Å²) in [7, 11) is 2.87. The zero-order valence-electron chi connectivity index (χ0n) is 18.9. The van der Waals surface area contributed by atoms with Gasteiger partial charge in [0.05, 0.1) is 27.4 Å². The molecule has 1 unspecified atom stereocenters. The van der Waals surface area contributed by atoms with Gasteiger partial charge in [-0.05, 0) is 32.9 Å². The summed E-state index contributed by atoms with van der Waals surface area (Å²) in [5.41, 5.74) is 0.348. The number of hydrogen-bond donors (Lipinski definition) is 1. The molecular formula is C22H25Cl2N3O6. The zero-order chi connectivity index (χ0) is 24.5. The number of ketones is 1. The largest absolute Gasteiger partial charge is 0.495 e. The second-order valence-corrected chi connectivity index (χ2v) is 7.31. The molecule has 0 fully saturated rings. The van der Waals surface area contributed by atoms with Gasteiger partial charge in [0.25, 0.3) is 5.91 Å². The number of carbonyl (C=O) groups is 2. The third kappa shape index (κ3) is 6.49. The van der Waals surface area contributed by atoms with Crippen LogP contribution in [0.1, 0.15) is 20.8 Å². The first kappa shape index (κ1) is 26.2. The molecular weight excluding hydrogens is 473 g/mol. The Kier molecular flexibility index (Phi) is 9.74. The maximum Gasteiger partial charge on any atom is 0.259 e. The number of rotatable bonds is 11. The Balaban J connectivity index is 2.43. The van der Waals surface area contributed by atoms with Gasteiger partial charge in [-0.25, -0.2) is 0 Å². The van der Waals surface area contributed by atoms with E-state index in [1.54, 1.807) is 26.0 Å². The van der Waals surface area contributed by atoms with Crippen LogP contribution in [-0.4, -0.2) is 45.2 Å². The summed E-state index contributed by atoms with van der Waals surface area (Å²) in [5.74, 6) is -0.0778. The quantitative estimate of drug-likeness (QED) is 0.324. The van der Waals surface area contributed by atoms with Crippen molar-refractivity contribution in [3.05, 3.63) is 34.3 Å². The zero-order valence-corrected chi connectivity index (χ0v) is 20.4. The van der Waals surface area contributed by atoms with Crippen LogP contribution in [0.4, 0.5) is 11.4 Å². The van der Waals surface area contributed by atoms with Crippen molar-refractivity contribution in [3.63, 3.8) is 0 Å². The Bertz CT molecular complexity index is 1020. The summed E-state index contributed by atoms with van der Waals surface area (Å²) in [5, 5.41) is 11.1. The molecule has 0 aromatic heterocycles.